The predicted molar refractivity (Wildman–Crippen MR) is 76.2 cm³/mol. The fraction of sp³-hybridized carbons (Fsp3) is 0.857. The number of carbonyl (C=O) groups is 2. The summed E-state index contributed by atoms with van der Waals surface area (Å²) >= 11 is 0. The van der Waals surface area contributed by atoms with Crippen LogP contribution < -0.4 is 11.1 Å². The Hall–Kier alpha value is -1.18. The van der Waals surface area contributed by atoms with Gasteiger partial charge >= 0.3 is 11.9 Å². The fourth-order valence-corrected chi connectivity index (χ4v) is 2.45. The van der Waals surface area contributed by atoms with Crippen LogP contribution in [-0.2, 0) is 23.8 Å². The van der Waals surface area contributed by atoms with Crippen LogP contribution in [0, 0.1) is 11.8 Å². The SMILES string of the molecule is CC(=O)OC1OC(CNCCN)[C@H](C)[C@H](C)C1OC(C)=O. The maximum Gasteiger partial charge on any atom is 0.305 e. The Morgan fingerprint density at radius 2 is 1.76 bits per heavy atom. The van der Waals surface area contributed by atoms with E-state index in [9.17, 15) is 9.59 Å². The third-order valence-electron chi connectivity index (χ3n) is 3.76. The van der Waals surface area contributed by atoms with Crippen molar-refractivity contribution >= 4 is 11.9 Å². The van der Waals surface area contributed by atoms with E-state index in [1.165, 1.54) is 13.8 Å². The molecule has 7 heteroatoms. The molecule has 3 N–H and O–H groups in total. The lowest BCUT2D eigenvalue weighted by Gasteiger charge is -2.43. The van der Waals surface area contributed by atoms with Crippen LogP contribution in [0.5, 0.6) is 0 Å². The lowest BCUT2D eigenvalue weighted by atomic mass is 9.83. The number of carbonyl (C=O) groups excluding carboxylic acids is 2. The summed E-state index contributed by atoms with van der Waals surface area (Å²) in [6, 6.07) is 0. The second-order valence-corrected chi connectivity index (χ2v) is 5.44. The highest BCUT2D eigenvalue weighted by atomic mass is 16.7. The molecule has 0 saturated carbocycles. The maximum absolute atomic E-state index is 11.2. The summed E-state index contributed by atoms with van der Waals surface area (Å²) in [5.74, 6) is -0.727. The Morgan fingerprint density at radius 1 is 1.14 bits per heavy atom. The smallest absolute Gasteiger partial charge is 0.305 e. The van der Waals surface area contributed by atoms with Crippen LogP contribution in [0.3, 0.4) is 0 Å². The molecule has 0 amide bonds. The number of hydrogen-bond acceptors (Lipinski definition) is 7. The normalized spacial score (nSPS) is 32.5. The Bertz CT molecular complexity index is 363. The van der Waals surface area contributed by atoms with E-state index in [1.807, 2.05) is 13.8 Å². The van der Waals surface area contributed by atoms with Crippen molar-refractivity contribution in [3.05, 3.63) is 0 Å². The topological polar surface area (TPSA) is 99.9 Å². The lowest BCUT2D eigenvalue weighted by molar-refractivity contribution is -0.265. The average Bonchev–Trinajstić information content (AvgIpc) is 2.39. The van der Waals surface area contributed by atoms with E-state index >= 15 is 0 Å². The molecule has 0 spiro atoms. The van der Waals surface area contributed by atoms with Gasteiger partial charge in [-0.25, -0.2) is 0 Å². The Morgan fingerprint density at radius 3 is 2.29 bits per heavy atom. The first-order valence-electron chi connectivity index (χ1n) is 7.27. The summed E-state index contributed by atoms with van der Waals surface area (Å²) in [4.78, 5) is 22.5. The van der Waals surface area contributed by atoms with E-state index in [0.29, 0.717) is 19.6 Å². The first-order valence-corrected chi connectivity index (χ1v) is 7.27. The minimum atomic E-state index is -0.873. The molecule has 1 heterocycles. The highest BCUT2D eigenvalue weighted by molar-refractivity contribution is 5.67. The van der Waals surface area contributed by atoms with Gasteiger partial charge < -0.3 is 25.3 Å². The zero-order chi connectivity index (χ0) is 16.0. The van der Waals surface area contributed by atoms with Gasteiger partial charge in [-0.1, -0.05) is 13.8 Å². The summed E-state index contributed by atoms with van der Waals surface area (Å²) in [6.07, 6.45) is -1.60. The standard InChI is InChI=1S/C14H26N2O5/c1-8-9(2)13(19-10(3)17)14(20-11(4)18)21-12(8)7-16-6-5-15/h8-9,12-14,16H,5-7,15H2,1-4H3/t8-,9+,12?,13?,14?/m1/s1. The third-order valence-corrected chi connectivity index (χ3v) is 3.76. The largest absolute Gasteiger partial charge is 0.456 e. The molecule has 0 bridgehead atoms. The first-order chi connectivity index (χ1) is 9.86. The number of nitrogens with one attached hydrogen (secondary N) is 1. The molecule has 0 aromatic rings. The monoisotopic (exact) mass is 302 g/mol. The van der Waals surface area contributed by atoms with Gasteiger partial charge in [-0.15, -0.1) is 0 Å². The quantitative estimate of drug-likeness (QED) is 0.527. The summed E-state index contributed by atoms with van der Waals surface area (Å²) in [6.45, 7) is 8.46. The molecule has 0 aromatic carbocycles. The van der Waals surface area contributed by atoms with Crippen molar-refractivity contribution in [1.29, 1.82) is 0 Å². The summed E-state index contributed by atoms with van der Waals surface area (Å²) < 4.78 is 16.3. The van der Waals surface area contributed by atoms with Crippen molar-refractivity contribution < 1.29 is 23.8 Å². The zero-order valence-electron chi connectivity index (χ0n) is 13.1. The Kier molecular flexibility index (Phi) is 7.07. The summed E-state index contributed by atoms with van der Waals surface area (Å²) in [5.41, 5.74) is 5.45. The molecule has 1 saturated heterocycles. The van der Waals surface area contributed by atoms with Gasteiger partial charge in [-0.3, -0.25) is 9.59 Å². The minimum absolute atomic E-state index is 0.0108. The van der Waals surface area contributed by atoms with Crippen LogP contribution in [0.15, 0.2) is 0 Å². The second-order valence-electron chi connectivity index (χ2n) is 5.44. The van der Waals surface area contributed by atoms with Crippen LogP contribution in [0.25, 0.3) is 0 Å². The first kappa shape index (κ1) is 17.9. The van der Waals surface area contributed by atoms with Crippen molar-refractivity contribution in [1.82, 2.24) is 5.32 Å². The third kappa shape index (κ3) is 5.26. The molecule has 0 aromatic heterocycles. The van der Waals surface area contributed by atoms with E-state index in [2.05, 4.69) is 5.32 Å². The van der Waals surface area contributed by atoms with Crippen LogP contribution >= 0.6 is 0 Å². The lowest BCUT2D eigenvalue weighted by Crippen LogP contribution is -2.55. The van der Waals surface area contributed by atoms with Crippen molar-refractivity contribution in [2.75, 3.05) is 19.6 Å². The second kappa shape index (κ2) is 8.31. The molecule has 1 rings (SSSR count). The zero-order valence-corrected chi connectivity index (χ0v) is 13.1. The van der Waals surface area contributed by atoms with Crippen molar-refractivity contribution in [3.8, 4) is 0 Å². The highest BCUT2D eigenvalue weighted by Gasteiger charge is 2.44. The van der Waals surface area contributed by atoms with E-state index in [1.54, 1.807) is 0 Å². The van der Waals surface area contributed by atoms with Crippen LogP contribution in [0.1, 0.15) is 27.7 Å². The molecule has 3 unspecified atom stereocenters. The van der Waals surface area contributed by atoms with E-state index in [-0.39, 0.29) is 17.9 Å². The molecule has 0 aliphatic carbocycles. The predicted octanol–water partition coefficient (Wildman–Crippen LogP) is 0.0266. The van der Waals surface area contributed by atoms with Gasteiger partial charge in [0, 0.05) is 39.4 Å². The molecule has 1 fully saturated rings. The van der Waals surface area contributed by atoms with Gasteiger partial charge in [0.05, 0.1) is 6.10 Å². The van der Waals surface area contributed by atoms with Crippen molar-refractivity contribution in [3.63, 3.8) is 0 Å². The van der Waals surface area contributed by atoms with Gasteiger partial charge in [-0.05, 0) is 5.92 Å². The van der Waals surface area contributed by atoms with Crippen molar-refractivity contribution in [2.45, 2.75) is 46.2 Å². The van der Waals surface area contributed by atoms with Crippen LogP contribution in [-0.4, -0.2) is 50.1 Å². The highest BCUT2D eigenvalue weighted by Crippen LogP contribution is 2.33. The number of ether oxygens (including phenoxy) is 3. The van der Waals surface area contributed by atoms with Crippen LogP contribution in [0.4, 0.5) is 0 Å². The number of hydrogen-bond donors (Lipinski definition) is 2. The Labute approximate surface area is 125 Å². The molecule has 7 nitrogen and oxygen atoms in total. The molecule has 122 valence electrons. The fourth-order valence-electron chi connectivity index (χ4n) is 2.45. The Balaban J connectivity index is 2.77. The van der Waals surface area contributed by atoms with Gasteiger partial charge in [0.25, 0.3) is 0 Å². The molecule has 1 aliphatic rings. The summed E-state index contributed by atoms with van der Waals surface area (Å²) in [7, 11) is 0. The van der Waals surface area contributed by atoms with Gasteiger partial charge in [0.1, 0.15) is 0 Å². The minimum Gasteiger partial charge on any atom is -0.456 e. The molecular formula is C14H26N2O5. The van der Waals surface area contributed by atoms with Gasteiger partial charge in [0.2, 0.25) is 6.29 Å². The maximum atomic E-state index is 11.2. The van der Waals surface area contributed by atoms with E-state index in [0.717, 1.165) is 0 Å². The molecular weight excluding hydrogens is 276 g/mol. The molecule has 5 atom stereocenters. The number of esters is 2. The molecule has 0 radical (unpaired) electrons. The van der Waals surface area contributed by atoms with E-state index < -0.39 is 24.3 Å². The summed E-state index contributed by atoms with van der Waals surface area (Å²) in [5, 5.41) is 3.19. The average molecular weight is 302 g/mol. The van der Waals surface area contributed by atoms with Crippen molar-refractivity contribution in [2.24, 2.45) is 17.6 Å². The molecule has 21 heavy (non-hydrogen) atoms. The number of rotatable bonds is 6. The van der Waals surface area contributed by atoms with Crippen LogP contribution in [0.2, 0.25) is 0 Å². The van der Waals surface area contributed by atoms with E-state index in [4.69, 9.17) is 19.9 Å². The van der Waals surface area contributed by atoms with Gasteiger partial charge in [-0.2, -0.15) is 0 Å². The van der Waals surface area contributed by atoms with Gasteiger partial charge in [0.15, 0.2) is 6.10 Å². The number of nitrogens with two attached hydrogens (primary N) is 1. The molecule has 1 aliphatic heterocycles.